The predicted octanol–water partition coefficient (Wildman–Crippen LogP) is 2.01. The Bertz CT molecular complexity index is 338. The topological polar surface area (TPSA) is 29.5 Å². The van der Waals surface area contributed by atoms with Gasteiger partial charge in [0.25, 0.3) is 0 Å². The first kappa shape index (κ1) is 9.46. The Morgan fingerprint density at radius 3 is 3.00 bits per heavy atom. The van der Waals surface area contributed by atoms with E-state index < -0.39 is 12.3 Å². The fraction of sp³-hybridized carbons (Fsp3) is 0.455. The normalized spacial score (nSPS) is 25.6. The Balaban J connectivity index is 2.38. The Labute approximate surface area is 82.3 Å². The number of aliphatic hydroxyl groups is 1. The SMILES string of the molecule is COc1ccc2c(c1)CC[C@H](F)[C@@H]2O. The van der Waals surface area contributed by atoms with Gasteiger partial charge in [-0.1, -0.05) is 6.07 Å². The Hall–Kier alpha value is -1.09. The zero-order valence-electron chi connectivity index (χ0n) is 8.03. The van der Waals surface area contributed by atoms with Gasteiger partial charge in [-0.3, -0.25) is 0 Å². The number of aryl methyl sites for hydroxylation is 1. The summed E-state index contributed by atoms with van der Waals surface area (Å²) in [6, 6.07) is 5.36. The molecule has 1 aliphatic carbocycles. The average Bonchev–Trinajstić information content (AvgIpc) is 2.23. The van der Waals surface area contributed by atoms with E-state index in [1.54, 1.807) is 19.2 Å². The number of hydrogen-bond acceptors (Lipinski definition) is 2. The smallest absolute Gasteiger partial charge is 0.130 e. The molecule has 0 bridgehead atoms. The molecule has 1 aromatic rings. The molecule has 0 spiro atoms. The van der Waals surface area contributed by atoms with E-state index in [1.807, 2.05) is 6.07 Å². The summed E-state index contributed by atoms with van der Waals surface area (Å²) in [4.78, 5) is 0. The Kier molecular flexibility index (Phi) is 2.42. The van der Waals surface area contributed by atoms with E-state index in [4.69, 9.17) is 4.74 Å². The molecule has 3 heteroatoms. The summed E-state index contributed by atoms with van der Waals surface area (Å²) in [6.45, 7) is 0. The second kappa shape index (κ2) is 3.58. The lowest BCUT2D eigenvalue weighted by Gasteiger charge is -2.25. The maximum Gasteiger partial charge on any atom is 0.130 e. The summed E-state index contributed by atoms with van der Waals surface area (Å²) in [7, 11) is 1.60. The van der Waals surface area contributed by atoms with Crippen LogP contribution in [0, 0.1) is 0 Å². The van der Waals surface area contributed by atoms with Gasteiger partial charge in [-0.15, -0.1) is 0 Å². The van der Waals surface area contributed by atoms with Crippen LogP contribution in [0.2, 0.25) is 0 Å². The highest BCUT2D eigenvalue weighted by molar-refractivity contribution is 5.39. The summed E-state index contributed by atoms with van der Waals surface area (Å²) in [6.07, 6.45) is -1.04. The van der Waals surface area contributed by atoms with Crippen molar-refractivity contribution in [1.82, 2.24) is 0 Å². The first-order valence-corrected chi connectivity index (χ1v) is 4.71. The van der Waals surface area contributed by atoms with Gasteiger partial charge in [0.2, 0.25) is 0 Å². The number of rotatable bonds is 1. The van der Waals surface area contributed by atoms with Gasteiger partial charge in [0.1, 0.15) is 18.0 Å². The van der Waals surface area contributed by atoms with Crippen LogP contribution in [0.5, 0.6) is 5.75 Å². The molecule has 2 nitrogen and oxygen atoms in total. The van der Waals surface area contributed by atoms with Crippen LogP contribution >= 0.6 is 0 Å². The largest absolute Gasteiger partial charge is 0.497 e. The minimum Gasteiger partial charge on any atom is -0.497 e. The van der Waals surface area contributed by atoms with Crippen molar-refractivity contribution in [1.29, 1.82) is 0 Å². The average molecular weight is 196 g/mol. The standard InChI is InChI=1S/C11H13FO2/c1-14-8-3-4-9-7(6-8)2-5-10(12)11(9)13/h3-4,6,10-11,13H,2,5H2,1H3/t10-,11+/m0/s1. The van der Waals surface area contributed by atoms with Crippen LogP contribution in [0.4, 0.5) is 4.39 Å². The number of benzene rings is 1. The summed E-state index contributed by atoms with van der Waals surface area (Å²) in [5, 5.41) is 9.58. The fourth-order valence-electron chi connectivity index (χ4n) is 1.86. The van der Waals surface area contributed by atoms with E-state index in [-0.39, 0.29) is 0 Å². The molecular weight excluding hydrogens is 183 g/mol. The molecule has 1 aromatic carbocycles. The third-order valence-corrected chi connectivity index (χ3v) is 2.70. The molecule has 1 aliphatic rings. The van der Waals surface area contributed by atoms with Gasteiger partial charge in [-0.25, -0.2) is 4.39 Å². The van der Waals surface area contributed by atoms with Gasteiger partial charge in [0.15, 0.2) is 0 Å². The summed E-state index contributed by atoms with van der Waals surface area (Å²) >= 11 is 0. The lowest BCUT2D eigenvalue weighted by atomic mass is 9.88. The van der Waals surface area contributed by atoms with Gasteiger partial charge >= 0.3 is 0 Å². The zero-order valence-corrected chi connectivity index (χ0v) is 8.03. The van der Waals surface area contributed by atoms with Crippen LogP contribution in [0.15, 0.2) is 18.2 Å². The van der Waals surface area contributed by atoms with Crippen molar-refractivity contribution in [2.75, 3.05) is 7.11 Å². The van der Waals surface area contributed by atoms with Gasteiger partial charge < -0.3 is 9.84 Å². The lowest BCUT2D eigenvalue weighted by molar-refractivity contribution is 0.0642. The van der Waals surface area contributed by atoms with Crippen molar-refractivity contribution in [3.63, 3.8) is 0 Å². The lowest BCUT2D eigenvalue weighted by Crippen LogP contribution is -2.21. The number of fused-ring (bicyclic) bond motifs is 1. The Morgan fingerprint density at radius 2 is 2.29 bits per heavy atom. The van der Waals surface area contributed by atoms with E-state index in [2.05, 4.69) is 0 Å². The first-order chi connectivity index (χ1) is 6.72. The molecule has 0 aliphatic heterocycles. The van der Waals surface area contributed by atoms with E-state index in [9.17, 15) is 9.50 Å². The summed E-state index contributed by atoms with van der Waals surface area (Å²) in [5.74, 6) is 0.758. The van der Waals surface area contributed by atoms with E-state index >= 15 is 0 Å². The number of methoxy groups -OCH3 is 1. The van der Waals surface area contributed by atoms with Gasteiger partial charge in [0.05, 0.1) is 7.11 Å². The predicted molar refractivity (Wildman–Crippen MR) is 51.2 cm³/mol. The van der Waals surface area contributed by atoms with Gasteiger partial charge in [0, 0.05) is 0 Å². The number of aliphatic hydroxyl groups excluding tert-OH is 1. The number of hydrogen-bond donors (Lipinski definition) is 1. The Morgan fingerprint density at radius 1 is 1.50 bits per heavy atom. The monoisotopic (exact) mass is 196 g/mol. The van der Waals surface area contributed by atoms with Gasteiger partial charge in [-0.05, 0) is 36.1 Å². The molecule has 0 unspecified atom stereocenters. The first-order valence-electron chi connectivity index (χ1n) is 4.71. The maximum absolute atomic E-state index is 13.2. The van der Waals surface area contributed by atoms with E-state index in [0.29, 0.717) is 18.4 Å². The van der Waals surface area contributed by atoms with Crippen LogP contribution in [0.1, 0.15) is 23.7 Å². The molecule has 14 heavy (non-hydrogen) atoms. The van der Waals surface area contributed by atoms with Crippen molar-refractivity contribution in [2.45, 2.75) is 25.1 Å². The van der Waals surface area contributed by atoms with Crippen LogP contribution < -0.4 is 4.74 Å². The molecular formula is C11H13FO2. The quantitative estimate of drug-likeness (QED) is 0.744. The minimum atomic E-state index is -1.13. The summed E-state index contributed by atoms with van der Waals surface area (Å²) < 4.78 is 18.2. The zero-order chi connectivity index (χ0) is 10.1. The van der Waals surface area contributed by atoms with Crippen molar-refractivity contribution >= 4 is 0 Å². The second-order valence-electron chi connectivity index (χ2n) is 3.56. The molecule has 0 fully saturated rings. The highest BCUT2D eigenvalue weighted by atomic mass is 19.1. The van der Waals surface area contributed by atoms with E-state index in [0.717, 1.165) is 11.3 Å². The maximum atomic E-state index is 13.2. The second-order valence-corrected chi connectivity index (χ2v) is 3.56. The molecule has 76 valence electrons. The van der Waals surface area contributed by atoms with Crippen LogP contribution in [-0.4, -0.2) is 18.4 Å². The van der Waals surface area contributed by atoms with Crippen LogP contribution in [-0.2, 0) is 6.42 Å². The number of alkyl halides is 1. The van der Waals surface area contributed by atoms with Crippen LogP contribution in [0.3, 0.4) is 0 Å². The number of ether oxygens (including phenoxy) is 1. The molecule has 0 saturated carbocycles. The molecule has 2 rings (SSSR count). The van der Waals surface area contributed by atoms with Crippen molar-refractivity contribution < 1.29 is 14.2 Å². The minimum absolute atomic E-state index is 0.390. The van der Waals surface area contributed by atoms with Crippen molar-refractivity contribution in [2.24, 2.45) is 0 Å². The molecule has 1 N–H and O–H groups in total. The van der Waals surface area contributed by atoms with Crippen molar-refractivity contribution in [3.8, 4) is 5.75 Å². The molecule has 0 amide bonds. The molecule has 0 heterocycles. The van der Waals surface area contributed by atoms with Gasteiger partial charge in [-0.2, -0.15) is 0 Å². The molecule has 0 saturated heterocycles. The highest BCUT2D eigenvalue weighted by Crippen LogP contribution is 2.33. The molecule has 2 atom stereocenters. The molecule has 0 aromatic heterocycles. The third kappa shape index (κ3) is 1.48. The molecule has 0 radical (unpaired) electrons. The van der Waals surface area contributed by atoms with E-state index in [1.165, 1.54) is 0 Å². The highest BCUT2D eigenvalue weighted by Gasteiger charge is 2.27. The fourth-order valence-corrected chi connectivity index (χ4v) is 1.86. The van der Waals surface area contributed by atoms with Crippen molar-refractivity contribution in [3.05, 3.63) is 29.3 Å². The summed E-state index contributed by atoms with van der Waals surface area (Å²) in [5.41, 5.74) is 1.69. The number of halogens is 1. The van der Waals surface area contributed by atoms with Crippen LogP contribution in [0.25, 0.3) is 0 Å². The third-order valence-electron chi connectivity index (χ3n) is 2.70.